The molecule has 1 saturated heterocycles. The number of aryl methyl sites for hydroxylation is 1. The fraction of sp³-hybridized carbons (Fsp3) is 0.0417. The molecule has 1 fully saturated rings. The lowest BCUT2D eigenvalue weighted by Gasteiger charge is -2.05. The van der Waals surface area contributed by atoms with Crippen LogP contribution in [0.5, 0.6) is 5.75 Å². The van der Waals surface area contributed by atoms with Crippen molar-refractivity contribution in [1.82, 2.24) is 5.32 Å². The molecule has 0 bridgehead atoms. The minimum absolute atomic E-state index is 0.231. The van der Waals surface area contributed by atoms with Crippen molar-refractivity contribution >= 4 is 52.2 Å². The number of nitrogens with zero attached hydrogens (tertiary/aromatic N) is 1. The van der Waals surface area contributed by atoms with E-state index < -0.39 is 5.97 Å². The van der Waals surface area contributed by atoms with Crippen LogP contribution in [0.15, 0.2) is 82.7 Å². The first kappa shape index (κ1) is 20.9. The zero-order valence-corrected chi connectivity index (χ0v) is 18.0. The monoisotopic (exact) mass is 448 g/mol. The minimum atomic E-state index is -0.416. The molecule has 154 valence electrons. The van der Waals surface area contributed by atoms with Gasteiger partial charge in [-0.3, -0.25) is 4.79 Å². The van der Waals surface area contributed by atoms with Gasteiger partial charge in [-0.1, -0.05) is 53.6 Å². The van der Waals surface area contributed by atoms with Crippen molar-refractivity contribution in [2.24, 2.45) is 4.99 Å². The molecule has 0 unspecified atom stereocenters. The number of esters is 1. The average Bonchev–Trinajstić information content (AvgIpc) is 3.10. The van der Waals surface area contributed by atoms with Crippen molar-refractivity contribution in [3.8, 4) is 5.75 Å². The van der Waals surface area contributed by atoms with Gasteiger partial charge in [0.2, 0.25) is 0 Å². The SMILES string of the molecule is Cc1cccc(C(=O)Oc2ccc(C=C3SC(=Nc4ccccc4Cl)NC3=O)cc2)c1. The van der Waals surface area contributed by atoms with E-state index in [0.717, 1.165) is 11.1 Å². The number of nitrogens with one attached hydrogen (secondary N) is 1. The van der Waals surface area contributed by atoms with Crippen LogP contribution in [-0.4, -0.2) is 17.0 Å². The molecule has 4 rings (SSSR count). The van der Waals surface area contributed by atoms with E-state index in [9.17, 15) is 9.59 Å². The largest absolute Gasteiger partial charge is 0.423 e. The molecule has 0 saturated carbocycles. The first-order valence-corrected chi connectivity index (χ1v) is 10.6. The van der Waals surface area contributed by atoms with Crippen molar-refractivity contribution in [2.75, 3.05) is 0 Å². The molecule has 3 aromatic carbocycles. The van der Waals surface area contributed by atoms with Crippen LogP contribution in [0.1, 0.15) is 21.5 Å². The second-order valence-corrected chi connectivity index (χ2v) is 8.20. The molecule has 1 amide bonds. The predicted molar refractivity (Wildman–Crippen MR) is 125 cm³/mol. The predicted octanol–water partition coefficient (Wildman–Crippen LogP) is 5.76. The fourth-order valence-corrected chi connectivity index (χ4v) is 3.87. The Bertz CT molecular complexity index is 1220. The second-order valence-electron chi connectivity index (χ2n) is 6.76. The summed E-state index contributed by atoms with van der Waals surface area (Å²) < 4.78 is 5.42. The van der Waals surface area contributed by atoms with Crippen LogP contribution in [0.4, 0.5) is 5.69 Å². The number of carbonyl (C=O) groups excluding carboxylic acids is 2. The van der Waals surface area contributed by atoms with E-state index in [1.807, 2.05) is 31.2 Å². The van der Waals surface area contributed by atoms with E-state index >= 15 is 0 Å². The molecule has 0 atom stereocenters. The summed E-state index contributed by atoms with van der Waals surface area (Å²) in [5.74, 6) is -0.218. The molecule has 7 heteroatoms. The third-order valence-corrected chi connectivity index (χ3v) is 5.60. The first-order chi connectivity index (χ1) is 15.0. The number of benzene rings is 3. The Hall–Kier alpha value is -3.35. The number of aliphatic imine (C=N–C) groups is 1. The van der Waals surface area contributed by atoms with Crippen LogP contribution in [0.3, 0.4) is 0 Å². The summed E-state index contributed by atoms with van der Waals surface area (Å²) in [6.07, 6.45) is 1.75. The van der Waals surface area contributed by atoms with Gasteiger partial charge < -0.3 is 10.1 Å². The zero-order valence-electron chi connectivity index (χ0n) is 16.5. The summed E-state index contributed by atoms with van der Waals surface area (Å²) in [6.45, 7) is 1.92. The van der Waals surface area contributed by atoms with E-state index in [4.69, 9.17) is 16.3 Å². The Morgan fingerprint density at radius 1 is 1.06 bits per heavy atom. The van der Waals surface area contributed by atoms with Crippen molar-refractivity contribution in [2.45, 2.75) is 6.92 Å². The first-order valence-electron chi connectivity index (χ1n) is 9.41. The van der Waals surface area contributed by atoms with Gasteiger partial charge in [0.1, 0.15) is 5.75 Å². The third kappa shape index (κ3) is 5.23. The van der Waals surface area contributed by atoms with Gasteiger partial charge in [0.05, 0.1) is 21.2 Å². The van der Waals surface area contributed by atoms with E-state index in [0.29, 0.717) is 32.1 Å². The molecule has 0 spiro atoms. The summed E-state index contributed by atoms with van der Waals surface area (Å²) in [4.78, 5) is 29.5. The van der Waals surface area contributed by atoms with Gasteiger partial charge in [-0.25, -0.2) is 9.79 Å². The maximum atomic E-state index is 12.3. The average molecular weight is 449 g/mol. The van der Waals surface area contributed by atoms with E-state index in [2.05, 4.69) is 10.3 Å². The van der Waals surface area contributed by atoms with Crippen LogP contribution < -0.4 is 10.1 Å². The highest BCUT2D eigenvalue weighted by molar-refractivity contribution is 8.18. The van der Waals surface area contributed by atoms with Crippen molar-refractivity contribution in [3.63, 3.8) is 0 Å². The Kier molecular flexibility index (Phi) is 6.21. The van der Waals surface area contributed by atoms with Gasteiger partial charge in [0.15, 0.2) is 5.17 Å². The third-order valence-electron chi connectivity index (χ3n) is 4.37. The van der Waals surface area contributed by atoms with Gasteiger partial charge >= 0.3 is 5.97 Å². The van der Waals surface area contributed by atoms with Crippen LogP contribution in [0.2, 0.25) is 5.02 Å². The maximum Gasteiger partial charge on any atom is 0.343 e. The lowest BCUT2D eigenvalue weighted by molar-refractivity contribution is -0.115. The molecule has 0 aliphatic carbocycles. The van der Waals surface area contributed by atoms with Gasteiger partial charge in [-0.2, -0.15) is 0 Å². The number of hydrogen-bond donors (Lipinski definition) is 1. The number of amidine groups is 1. The molecular weight excluding hydrogens is 432 g/mol. The Morgan fingerprint density at radius 2 is 1.84 bits per heavy atom. The molecule has 1 aliphatic rings. The summed E-state index contributed by atoms with van der Waals surface area (Å²) >= 11 is 7.36. The highest BCUT2D eigenvalue weighted by atomic mass is 35.5. The lowest BCUT2D eigenvalue weighted by atomic mass is 10.1. The number of halogens is 1. The number of para-hydroxylation sites is 1. The Balaban J connectivity index is 1.45. The smallest absolute Gasteiger partial charge is 0.343 e. The summed E-state index contributed by atoms with van der Waals surface area (Å²) in [5.41, 5.74) is 2.87. The quantitative estimate of drug-likeness (QED) is 0.313. The number of rotatable bonds is 4. The molecule has 5 nitrogen and oxygen atoms in total. The molecule has 1 N–H and O–H groups in total. The number of amides is 1. The minimum Gasteiger partial charge on any atom is -0.423 e. The van der Waals surface area contributed by atoms with Gasteiger partial charge in [0.25, 0.3) is 5.91 Å². The maximum absolute atomic E-state index is 12.3. The topological polar surface area (TPSA) is 67.8 Å². The summed E-state index contributed by atoms with van der Waals surface area (Å²) in [6, 6.07) is 21.3. The van der Waals surface area contributed by atoms with Crippen molar-refractivity contribution < 1.29 is 14.3 Å². The molecular formula is C24H17ClN2O3S. The number of hydrogen-bond acceptors (Lipinski definition) is 5. The van der Waals surface area contributed by atoms with Crippen LogP contribution >= 0.6 is 23.4 Å². The van der Waals surface area contributed by atoms with Crippen LogP contribution in [-0.2, 0) is 4.79 Å². The van der Waals surface area contributed by atoms with Gasteiger partial charge in [-0.15, -0.1) is 0 Å². The molecule has 31 heavy (non-hydrogen) atoms. The van der Waals surface area contributed by atoms with E-state index in [1.54, 1.807) is 54.6 Å². The standard InChI is InChI=1S/C24H17ClN2O3S/c1-15-5-4-6-17(13-15)23(29)30-18-11-9-16(10-12-18)14-21-22(28)27-24(31-21)26-20-8-3-2-7-19(20)25/h2-14H,1H3,(H,26,27,28). The number of thioether (sulfide) groups is 1. The van der Waals surface area contributed by atoms with Crippen LogP contribution in [0, 0.1) is 6.92 Å². The Morgan fingerprint density at radius 3 is 2.58 bits per heavy atom. The molecule has 3 aromatic rings. The van der Waals surface area contributed by atoms with Crippen molar-refractivity contribution in [1.29, 1.82) is 0 Å². The molecule has 0 radical (unpaired) electrons. The molecule has 1 aliphatic heterocycles. The Labute approximate surface area is 188 Å². The van der Waals surface area contributed by atoms with E-state index in [1.165, 1.54) is 11.8 Å². The number of carbonyl (C=O) groups is 2. The fourth-order valence-electron chi connectivity index (χ4n) is 2.85. The van der Waals surface area contributed by atoms with Gasteiger partial charge in [0, 0.05) is 0 Å². The zero-order chi connectivity index (χ0) is 21.8. The van der Waals surface area contributed by atoms with Gasteiger partial charge in [-0.05, 0) is 66.7 Å². The summed E-state index contributed by atoms with van der Waals surface area (Å²) in [5, 5.41) is 3.72. The highest BCUT2D eigenvalue weighted by Crippen LogP contribution is 2.31. The molecule has 0 aromatic heterocycles. The molecule has 1 heterocycles. The van der Waals surface area contributed by atoms with Crippen LogP contribution in [0.25, 0.3) is 6.08 Å². The normalized spacial score (nSPS) is 15.9. The second kappa shape index (κ2) is 9.20. The van der Waals surface area contributed by atoms with E-state index in [-0.39, 0.29) is 5.91 Å². The highest BCUT2D eigenvalue weighted by Gasteiger charge is 2.24. The lowest BCUT2D eigenvalue weighted by Crippen LogP contribution is -2.19. The number of ether oxygens (including phenoxy) is 1. The van der Waals surface area contributed by atoms with Crippen molar-refractivity contribution in [3.05, 3.63) is 99.4 Å². The summed E-state index contributed by atoms with van der Waals surface area (Å²) in [7, 11) is 0.